The van der Waals surface area contributed by atoms with Crippen LogP contribution in [0.1, 0.15) is 24.3 Å². The number of pyridine rings is 1. The number of halogens is 2. The van der Waals surface area contributed by atoms with Gasteiger partial charge in [-0.25, -0.2) is 4.98 Å². The Morgan fingerprint density at radius 1 is 1.05 bits per heavy atom. The van der Waals surface area contributed by atoms with Crippen molar-refractivity contribution >= 4 is 29.0 Å². The van der Waals surface area contributed by atoms with Crippen molar-refractivity contribution in [2.24, 2.45) is 0 Å². The van der Waals surface area contributed by atoms with Gasteiger partial charge in [-0.15, -0.1) is 0 Å². The lowest BCUT2D eigenvalue weighted by atomic mass is 9.76. The largest absolute Gasteiger partial charge is 0.367 e. The minimum atomic E-state index is 0.468. The van der Waals surface area contributed by atoms with E-state index in [1.165, 1.54) is 5.56 Å². The van der Waals surface area contributed by atoms with Gasteiger partial charge in [-0.05, 0) is 48.6 Å². The maximum atomic E-state index is 6.01. The molecule has 0 unspecified atom stereocenters. The summed E-state index contributed by atoms with van der Waals surface area (Å²) in [4.78, 5) is 4.24. The number of rotatable bonds is 3. The first-order valence-electron chi connectivity index (χ1n) is 6.35. The van der Waals surface area contributed by atoms with Crippen LogP contribution in [0, 0.1) is 0 Å². The highest BCUT2D eigenvalue weighted by Crippen LogP contribution is 2.38. The van der Waals surface area contributed by atoms with E-state index in [0.29, 0.717) is 17.1 Å². The van der Waals surface area contributed by atoms with Gasteiger partial charge in [0.15, 0.2) is 0 Å². The van der Waals surface area contributed by atoms with E-state index < -0.39 is 0 Å². The molecule has 3 rings (SSSR count). The Morgan fingerprint density at radius 2 is 1.84 bits per heavy atom. The molecule has 1 aromatic heterocycles. The molecule has 0 atom stereocenters. The van der Waals surface area contributed by atoms with Gasteiger partial charge in [0.05, 0.1) is 0 Å². The molecule has 2 aromatic rings. The molecule has 1 heterocycles. The summed E-state index contributed by atoms with van der Waals surface area (Å²) in [5, 5.41) is 4.74. The van der Waals surface area contributed by atoms with Gasteiger partial charge in [0.25, 0.3) is 0 Å². The van der Waals surface area contributed by atoms with E-state index in [1.54, 1.807) is 6.07 Å². The first kappa shape index (κ1) is 12.8. The molecular formula is C15H14Cl2N2. The molecule has 0 amide bonds. The van der Waals surface area contributed by atoms with Crippen molar-refractivity contribution < 1.29 is 0 Å². The van der Waals surface area contributed by atoms with E-state index in [-0.39, 0.29) is 0 Å². The smallest absolute Gasteiger partial charge is 0.131 e. The highest BCUT2D eigenvalue weighted by molar-refractivity contribution is 6.30. The maximum absolute atomic E-state index is 6.01. The molecule has 1 aliphatic rings. The number of anilines is 1. The molecule has 2 nitrogen and oxygen atoms in total. The van der Waals surface area contributed by atoms with Gasteiger partial charge in [-0.1, -0.05) is 41.4 Å². The fourth-order valence-corrected chi connectivity index (χ4v) is 2.83. The first-order valence-corrected chi connectivity index (χ1v) is 7.11. The van der Waals surface area contributed by atoms with Gasteiger partial charge in [0, 0.05) is 11.1 Å². The predicted molar refractivity (Wildman–Crippen MR) is 80.1 cm³/mol. The highest BCUT2D eigenvalue weighted by Gasteiger charge is 2.30. The van der Waals surface area contributed by atoms with Crippen molar-refractivity contribution in [3.63, 3.8) is 0 Å². The van der Waals surface area contributed by atoms with Crippen LogP contribution in [0.2, 0.25) is 10.2 Å². The van der Waals surface area contributed by atoms with Crippen molar-refractivity contribution in [1.82, 2.24) is 4.98 Å². The average molecular weight is 293 g/mol. The minimum absolute atomic E-state index is 0.468. The summed E-state index contributed by atoms with van der Waals surface area (Å²) >= 11 is 11.9. The van der Waals surface area contributed by atoms with E-state index in [9.17, 15) is 0 Å². The van der Waals surface area contributed by atoms with E-state index in [0.717, 1.165) is 23.7 Å². The van der Waals surface area contributed by atoms with Crippen LogP contribution >= 0.6 is 23.2 Å². The summed E-state index contributed by atoms with van der Waals surface area (Å²) < 4.78 is 0. The fourth-order valence-electron chi connectivity index (χ4n) is 2.47. The van der Waals surface area contributed by atoms with Crippen LogP contribution in [0.15, 0.2) is 42.5 Å². The third kappa shape index (κ3) is 3.02. The quantitative estimate of drug-likeness (QED) is 0.826. The Morgan fingerprint density at radius 3 is 2.58 bits per heavy atom. The van der Waals surface area contributed by atoms with Crippen molar-refractivity contribution in [1.29, 1.82) is 0 Å². The summed E-state index contributed by atoms with van der Waals surface area (Å²) in [6.07, 6.45) is 2.21. The lowest BCUT2D eigenvalue weighted by Crippen LogP contribution is -2.34. The Hall–Kier alpha value is -1.25. The molecule has 1 fully saturated rings. The number of aromatic nitrogens is 1. The SMILES string of the molecule is Clc1cccc(C2CC(Nc3cccc(Cl)n3)C2)c1. The number of hydrogen-bond donors (Lipinski definition) is 1. The second-order valence-electron chi connectivity index (χ2n) is 4.91. The third-order valence-electron chi connectivity index (χ3n) is 3.53. The Balaban J connectivity index is 1.58. The van der Waals surface area contributed by atoms with Gasteiger partial charge in [0.1, 0.15) is 11.0 Å². The summed E-state index contributed by atoms with van der Waals surface area (Å²) in [5.74, 6) is 1.44. The van der Waals surface area contributed by atoms with E-state index in [2.05, 4.69) is 22.4 Å². The van der Waals surface area contributed by atoms with Crippen LogP contribution in [0.5, 0.6) is 0 Å². The Labute approximate surface area is 122 Å². The Kier molecular flexibility index (Phi) is 3.63. The molecule has 1 aliphatic carbocycles. The van der Waals surface area contributed by atoms with Crippen LogP contribution in [-0.2, 0) is 0 Å². The van der Waals surface area contributed by atoms with Crippen LogP contribution in [0.4, 0.5) is 5.82 Å². The van der Waals surface area contributed by atoms with E-state index >= 15 is 0 Å². The number of nitrogens with zero attached hydrogens (tertiary/aromatic N) is 1. The average Bonchev–Trinajstić information content (AvgIpc) is 2.33. The van der Waals surface area contributed by atoms with E-state index in [1.807, 2.05) is 24.3 Å². The molecule has 0 bridgehead atoms. The molecule has 0 radical (unpaired) electrons. The number of benzene rings is 1. The van der Waals surface area contributed by atoms with Crippen LogP contribution < -0.4 is 5.32 Å². The summed E-state index contributed by atoms with van der Waals surface area (Å²) in [7, 11) is 0. The summed E-state index contributed by atoms with van der Waals surface area (Å²) in [6, 6.07) is 14.2. The third-order valence-corrected chi connectivity index (χ3v) is 3.97. The number of nitrogens with one attached hydrogen (secondary N) is 1. The zero-order valence-electron chi connectivity index (χ0n) is 10.3. The lowest BCUT2D eigenvalue weighted by molar-refractivity contribution is 0.373. The van der Waals surface area contributed by atoms with E-state index in [4.69, 9.17) is 23.2 Å². The second-order valence-corrected chi connectivity index (χ2v) is 5.73. The zero-order chi connectivity index (χ0) is 13.2. The van der Waals surface area contributed by atoms with Crippen molar-refractivity contribution in [3.8, 4) is 0 Å². The summed E-state index contributed by atoms with van der Waals surface area (Å²) in [6.45, 7) is 0. The molecule has 4 heteroatoms. The van der Waals surface area contributed by atoms with Crippen molar-refractivity contribution in [2.75, 3.05) is 5.32 Å². The molecular weight excluding hydrogens is 279 g/mol. The Bertz CT molecular complexity index is 580. The topological polar surface area (TPSA) is 24.9 Å². The van der Waals surface area contributed by atoms with Crippen LogP contribution in [0.25, 0.3) is 0 Å². The van der Waals surface area contributed by atoms with Gasteiger partial charge in [0.2, 0.25) is 0 Å². The lowest BCUT2D eigenvalue weighted by Gasteiger charge is -2.36. The van der Waals surface area contributed by atoms with Crippen molar-refractivity contribution in [2.45, 2.75) is 24.8 Å². The molecule has 0 saturated heterocycles. The van der Waals surface area contributed by atoms with Gasteiger partial charge in [-0.3, -0.25) is 0 Å². The van der Waals surface area contributed by atoms with Gasteiger partial charge < -0.3 is 5.32 Å². The second kappa shape index (κ2) is 5.40. The predicted octanol–water partition coefficient (Wildman–Crippen LogP) is 4.75. The molecule has 0 aliphatic heterocycles. The zero-order valence-corrected chi connectivity index (χ0v) is 11.8. The normalized spacial score (nSPS) is 21.8. The highest BCUT2D eigenvalue weighted by atomic mass is 35.5. The van der Waals surface area contributed by atoms with Crippen molar-refractivity contribution in [3.05, 3.63) is 58.2 Å². The van der Waals surface area contributed by atoms with Gasteiger partial charge in [-0.2, -0.15) is 0 Å². The summed E-state index contributed by atoms with van der Waals surface area (Å²) in [5.41, 5.74) is 1.32. The molecule has 1 N–H and O–H groups in total. The molecule has 0 spiro atoms. The minimum Gasteiger partial charge on any atom is -0.367 e. The molecule has 19 heavy (non-hydrogen) atoms. The fraction of sp³-hybridized carbons (Fsp3) is 0.267. The standard InChI is InChI=1S/C15H14Cl2N2/c16-12-4-1-3-10(7-12)11-8-13(9-11)18-15-6-2-5-14(17)19-15/h1-7,11,13H,8-9H2,(H,18,19). The molecule has 1 saturated carbocycles. The first-order chi connectivity index (χ1) is 9.20. The monoisotopic (exact) mass is 292 g/mol. The maximum Gasteiger partial charge on any atom is 0.131 e. The van der Waals surface area contributed by atoms with Gasteiger partial charge >= 0.3 is 0 Å². The number of hydrogen-bond acceptors (Lipinski definition) is 2. The van der Waals surface area contributed by atoms with Crippen LogP contribution in [0.3, 0.4) is 0 Å². The molecule has 1 aromatic carbocycles. The van der Waals surface area contributed by atoms with Crippen LogP contribution in [-0.4, -0.2) is 11.0 Å². The molecule has 98 valence electrons.